The van der Waals surface area contributed by atoms with E-state index in [9.17, 15) is 4.79 Å². The standard InChI is InChI=1S/C11H18O2/c1-3-4-5-6-7-10-8-9(2)11(12)13-10/h10H,2-8H2,1H3/t10-/m0/s1. The van der Waals surface area contributed by atoms with Gasteiger partial charge in [0.05, 0.1) is 0 Å². The molecular weight excluding hydrogens is 164 g/mol. The third-order valence-electron chi connectivity index (χ3n) is 2.42. The van der Waals surface area contributed by atoms with Crippen molar-refractivity contribution in [3.05, 3.63) is 12.2 Å². The fourth-order valence-corrected chi connectivity index (χ4v) is 1.59. The van der Waals surface area contributed by atoms with E-state index in [-0.39, 0.29) is 12.1 Å². The molecule has 1 atom stereocenters. The minimum absolute atomic E-state index is 0.122. The summed E-state index contributed by atoms with van der Waals surface area (Å²) in [5, 5.41) is 0. The van der Waals surface area contributed by atoms with Gasteiger partial charge in [-0.1, -0.05) is 32.8 Å². The van der Waals surface area contributed by atoms with Gasteiger partial charge in [-0.3, -0.25) is 0 Å². The molecule has 2 heteroatoms. The van der Waals surface area contributed by atoms with E-state index >= 15 is 0 Å². The molecule has 0 aromatic carbocycles. The quantitative estimate of drug-likeness (QED) is 0.371. The molecule has 2 nitrogen and oxygen atoms in total. The lowest BCUT2D eigenvalue weighted by atomic mass is 10.1. The molecule has 0 amide bonds. The normalized spacial score (nSPS) is 22.1. The van der Waals surface area contributed by atoms with Gasteiger partial charge in [-0.25, -0.2) is 4.79 Å². The van der Waals surface area contributed by atoms with E-state index in [4.69, 9.17) is 4.74 Å². The monoisotopic (exact) mass is 182 g/mol. The van der Waals surface area contributed by atoms with Crippen molar-refractivity contribution in [2.24, 2.45) is 0 Å². The summed E-state index contributed by atoms with van der Waals surface area (Å²) in [6.07, 6.45) is 6.81. The number of esters is 1. The Hall–Kier alpha value is -0.790. The van der Waals surface area contributed by atoms with Crippen molar-refractivity contribution >= 4 is 5.97 Å². The molecule has 0 aliphatic carbocycles. The highest BCUT2D eigenvalue weighted by Gasteiger charge is 2.26. The molecule has 13 heavy (non-hydrogen) atoms. The third kappa shape index (κ3) is 3.21. The summed E-state index contributed by atoms with van der Waals surface area (Å²) in [6.45, 7) is 5.85. The zero-order valence-corrected chi connectivity index (χ0v) is 8.34. The van der Waals surface area contributed by atoms with Gasteiger partial charge in [-0.15, -0.1) is 0 Å². The average molecular weight is 182 g/mol. The van der Waals surface area contributed by atoms with Crippen molar-refractivity contribution in [3.8, 4) is 0 Å². The molecule has 0 unspecified atom stereocenters. The lowest BCUT2D eigenvalue weighted by Crippen LogP contribution is -2.05. The number of hydrogen-bond acceptors (Lipinski definition) is 2. The zero-order chi connectivity index (χ0) is 9.68. The lowest BCUT2D eigenvalue weighted by molar-refractivity contribution is -0.139. The van der Waals surface area contributed by atoms with E-state index in [1.807, 2.05) is 0 Å². The van der Waals surface area contributed by atoms with Crippen LogP contribution < -0.4 is 0 Å². The van der Waals surface area contributed by atoms with Gasteiger partial charge < -0.3 is 4.74 Å². The summed E-state index contributed by atoms with van der Waals surface area (Å²) in [7, 11) is 0. The maximum absolute atomic E-state index is 11.0. The first-order valence-electron chi connectivity index (χ1n) is 5.12. The van der Waals surface area contributed by atoms with Crippen LogP contribution in [0.1, 0.15) is 45.4 Å². The highest BCUT2D eigenvalue weighted by atomic mass is 16.5. The van der Waals surface area contributed by atoms with Crippen LogP contribution in [0.2, 0.25) is 0 Å². The minimum atomic E-state index is -0.194. The van der Waals surface area contributed by atoms with E-state index in [0.29, 0.717) is 5.57 Å². The number of carbonyl (C=O) groups excluding carboxylic acids is 1. The second-order valence-corrected chi connectivity index (χ2v) is 3.68. The van der Waals surface area contributed by atoms with Gasteiger partial charge in [0, 0.05) is 12.0 Å². The van der Waals surface area contributed by atoms with E-state index in [0.717, 1.165) is 12.8 Å². The summed E-state index contributed by atoms with van der Waals surface area (Å²) in [5.74, 6) is -0.194. The first kappa shape index (κ1) is 10.3. The first-order valence-corrected chi connectivity index (χ1v) is 5.12. The lowest BCUT2D eigenvalue weighted by Gasteiger charge is -2.07. The Bertz CT molecular complexity index is 180. The SMILES string of the molecule is C=C1C[C@H](CCCCCC)OC1=O. The minimum Gasteiger partial charge on any atom is -0.459 e. The largest absolute Gasteiger partial charge is 0.459 e. The van der Waals surface area contributed by atoms with Crippen molar-refractivity contribution in [1.29, 1.82) is 0 Å². The van der Waals surface area contributed by atoms with Gasteiger partial charge in [-0.2, -0.15) is 0 Å². The fraction of sp³-hybridized carbons (Fsp3) is 0.727. The predicted molar refractivity (Wildman–Crippen MR) is 52.4 cm³/mol. The number of unbranched alkanes of at least 4 members (excludes halogenated alkanes) is 3. The summed E-state index contributed by atoms with van der Waals surface area (Å²) in [5.41, 5.74) is 0.639. The molecule has 1 heterocycles. The second-order valence-electron chi connectivity index (χ2n) is 3.68. The summed E-state index contributed by atoms with van der Waals surface area (Å²) in [4.78, 5) is 11.0. The number of carbonyl (C=O) groups is 1. The van der Waals surface area contributed by atoms with Crippen LogP contribution in [-0.2, 0) is 9.53 Å². The molecule has 1 fully saturated rings. The molecule has 1 saturated heterocycles. The molecule has 0 aromatic heterocycles. The molecule has 0 saturated carbocycles. The molecular formula is C11H18O2. The molecule has 0 aromatic rings. The van der Waals surface area contributed by atoms with Gasteiger partial charge in [0.1, 0.15) is 6.10 Å². The molecule has 1 aliphatic rings. The van der Waals surface area contributed by atoms with Gasteiger partial charge in [0.15, 0.2) is 0 Å². The summed E-state index contributed by atoms with van der Waals surface area (Å²) in [6, 6.07) is 0. The van der Waals surface area contributed by atoms with Gasteiger partial charge in [-0.05, 0) is 12.8 Å². The van der Waals surface area contributed by atoms with Crippen molar-refractivity contribution in [2.75, 3.05) is 0 Å². The molecule has 0 N–H and O–H groups in total. The van der Waals surface area contributed by atoms with E-state index < -0.39 is 0 Å². The topological polar surface area (TPSA) is 26.3 Å². The van der Waals surface area contributed by atoms with Crippen LogP contribution >= 0.6 is 0 Å². The first-order chi connectivity index (χ1) is 6.24. The van der Waals surface area contributed by atoms with Crippen molar-refractivity contribution in [3.63, 3.8) is 0 Å². The Kier molecular flexibility index (Phi) is 4.00. The molecule has 0 bridgehead atoms. The summed E-state index contributed by atoms with van der Waals surface area (Å²) < 4.78 is 5.12. The van der Waals surface area contributed by atoms with Crippen LogP contribution in [0.4, 0.5) is 0 Å². The highest BCUT2D eigenvalue weighted by Crippen LogP contribution is 2.22. The van der Waals surface area contributed by atoms with Crippen LogP contribution in [0.3, 0.4) is 0 Å². The molecule has 74 valence electrons. The fourth-order valence-electron chi connectivity index (χ4n) is 1.59. The Balaban J connectivity index is 2.10. The van der Waals surface area contributed by atoms with Gasteiger partial charge in [0.25, 0.3) is 0 Å². The van der Waals surface area contributed by atoms with Crippen LogP contribution in [0, 0.1) is 0 Å². The van der Waals surface area contributed by atoms with E-state index in [2.05, 4.69) is 13.5 Å². The van der Waals surface area contributed by atoms with Crippen molar-refractivity contribution < 1.29 is 9.53 Å². The summed E-state index contributed by atoms with van der Waals surface area (Å²) >= 11 is 0. The van der Waals surface area contributed by atoms with E-state index in [1.54, 1.807) is 0 Å². The van der Waals surface area contributed by atoms with Crippen molar-refractivity contribution in [2.45, 2.75) is 51.6 Å². The second kappa shape index (κ2) is 5.05. The third-order valence-corrected chi connectivity index (χ3v) is 2.42. The number of cyclic esters (lactones) is 1. The Morgan fingerprint density at radius 1 is 1.46 bits per heavy atom. The maximum atomic E-state index is 11.0. The molecule has 1 aliphatic heterocycles. The van der Waals surface area contributed by atoms with Crippen molar-refractivity contribution in [1.82, 2.24) is 0 Å². The smallest absolute Gasteiger partial charge is 0.333 e. The van der Waals surface area contributed by atoms with Gasteiger partial charge >= 0.3 is 5.97 Å². The molecule has 0 radical (unpaired) electrons. The average Bonchev–Trinajstić information content (AvgIpc) is 2.41. The predicted octanol–water partition coefficient (Wildman–Crippen LogP) is 2.83. The number of rotatable bonds is 5. The molecule has 0 spiro atoms. The van der Waals surface area contributed by atoms with Crippen LogP contribution in [0.25, 0.3) is 0 Å². The van der Waals surface area contributed by atoms with Crippen LogP contribution in [0.5, 0.6) is 0 Å². The molecule has 1 rings (SSSR count). The maximum Gasteiger partial charge on any atom is 0.333 e. The zero-order valence-electron chi connectivity index (χ0n) is 8.34. The van der Waals surface area contributed by atoms with Gasteiger partial charge in [0.2, 0.25) is 0 Å². The van der Waals surface area contributed by atoms with Crippen LogP contribution in [-0.4, -0.2) is 12.1 Å². The Morgan fingerprint density at radius 2 is 2.23 bits per heavy atom. The van der Waals surface area contributed by atoms with Crippen LogP contribution in [0.15, 0.2) is 12.2 Å². The van der Waals surface area contributed by atoms with E-state index in [1.165, 1.54) is 25.7 Å². The number of hydrogen-bond donors (Lipinski definition) is 0. The number of ether oxygens (including phenoxy) is 1. The highest BCUT2D eigenvalue weighted by molar-refractivity contribution is 5.89. The Labute approximate surface area is 80.0 Å². The Morgan fingerprint density at radius 3 is 2.77 bits per heavy atom.